The van der Waals surface area contributed by atoms with Gasteiger partial charge in [-0.3, -0.25) is 4.79 Å². The molecule has 1 heterocycles. The summed E-state index contributed by atoms with van der Waals surface area (Å²) in [5.41, 5.74) is 2.57. The van der Waals surface area contributed by atoms with Gasteiger partial charge in [-0.15, -0.1) is 0 Å². The molecule has 0 aliphatic heterocycles. The molecular weight excluding hydrogens is 413 g/mol. The van der Waals surface area contributed by atoms with Crippen molar-refractivity contribution in [3.05, 3.63) is 57.8 Å². The highest BCUT2D eigenvalue weighted by molar-refractivity contribution is 6.35. The zero-order valence-electron chi connectivity index (χ0n) is 16.5. The smallest absolute Gasteiger partial charge is 0.322 e. The van der Waals surface area contributed by atoms with Crippen LogP contribution in [0.1, 0.15) is 16.2 Å². The van der Waals surface area contributed by atoms with Crippen molar-refractivity contribution >= 4 is 51.9 Å². The second-order valence-electron chi connectivity index (χ2n) is 6.90. The number of amides is 3. The molecule has 3 amide bonds. The van der Waals surface area contributed by atoms with Crippen molar-refractivity contribution in [3.63, 3.8) is 0 Å². The maximum Gasteiger partial charge on any atom is 0.322 e. The fourth-order valence-electron chi connectivity index (χ4n) is 2.87. The highest BCUT2D eigenvalue weighted by atomic mass is 35.5. The van der Waals surface area contributed by atoms with Gasteiger partial charge in [0.2, 0.25) is 0 Å². The molecule has 9 heteroatoms. The predicted octanol–water partition coefficient (Wildman–Crippen LogP) is 4.25. The Balaban J connectivity index is 1.79. The van der Waals surface area contributed by atoms with Crippen LogP contribution in [0.2, 0.25) is 10.0 Å². The number of rotatable bonds is 4. The lowest BCUT2D eigenvalue weighted by Gasteiger charge is -2.18. The number of carbonyl (C=O) groups is 2. The summed E-state index contributed by atoms with van der Waals surface area (Å²) in [5.74, 6) is 0.596. The van der Waals surface area contributed by atoms with E-state index in [0.717, 1.165) is 5.52 Å². The second-order valence-corrected chi connectivity index (χ2v) is 7.74. The SMILES string of the molecule is CN(C)C(=O)c1ccc2c(c1)nc(CN(C)C(=O)Nc1cc(Cl)ccc1Cl)n2C. The standard InChI is InChI=1S/C20H21Cl2N5O2/c1-25(2)19(28)12-5-8-17-16(9-12)23-18(27(17)4)11-26(3)20(29)24-15-10-13(21)6-7-14(15)22/h5-10H,11H2,1-4H3,(H,24,29). The van der Waals surface area contributed by atoms with Crippen LogP contribution in [0.4, 0.5) is 10.5 Å². The average molecular weight is 434 g/mol. The summed E-state index contributed by atoms with van der Waals surface area (Å²) in [4.78, 5) is 32.3. The van der Waals surface area contributed by atoms with Gasteiger partial charge in [-0.05, 0) is 36.4 Å². The van der Waals surface area contributed by atoms with Crippen molar-refractivity contribution in [2.24, 2.45) is 7.05 Å². The Bertz CT molecular complexity index is 1090. The number of benzene rings is 2. The van der Waals surface area contributed by atoms with Gasteiger partial charge in [0.25, 0.3) is 5.91 Å². The molecule has 29 heavy (non-hydrogen) atoms. The lowest BCUT2D eigenvalue weighted by molar-refractivity contribution is 0.0827. The summed E-state index contributed by atoms with van der Waals surface area (Å²) in [6.07, 6.45) is 0. The van der Waals surface area contributed by atoms with E-state index in [1.54, 1.807) is 51.5 Å². The molecule has 0 aliphatic rings. The molecule has 0 unspecified atom stereocenters. The van der Waals surface area contributed by atoms with Gasteiger partial charge in [0.15, 0.2) is 0 Å². The van der Waals surface area contributed by atoms with Gasteiger partial charge >= 0.3 is 6.03 Å². The van der Waals surface area contributed by atoms with Crippen molar-refractivity contribution in [2.75, 3.05) is 26.5 Å². The van der Waals surface area contributed by atoms with Crippen LogP contribution in [0, 0.1) is 0 Å². The molecule has 2 aromatic carbocycles. The van der Waals surface area contributed by atoms with Crippen molar-refractivity contribution in [3.8, 4) is 0 Å². The van der Waals surface area contributed by atoms with Gasteiger partial charge < -0.3 is 19.7 Å². The Hall–Kier alpha value is -2.77. The maximum absolute atomic E-state index is 12.6. The third-order valence-electron chi connectivity index (χ3n) is 4.52. The molecule has 0 atom stereocenters. The number of urea groups is 1. The largest absolute Gasteiger partial charge is 0.345 e. The maximum atomic E-state index is 12.6. The summed E-state index contributed by atoms with van der Waals surface area (Å²) in [7, 11) is 6.94. The van der Waals surface area contributed by atoms with Gasteiger partial charge in [0.1, 0.15) is 5.82 Å². The van der Waals surface area contributed by atoms with E-state index in [-0.39, 0.29) is 18.5 Å². The van der Waals surface area contributed by atoms with E-state index in [0.29, 0.717) is 32.6 Å². The molecule has 0 radical (unpaired) electrons. The van der Waals surface area contributed by atoms with Gasteiger partial charge in [-0.2, -0.15) is 0 Å². The van der Waals surface area contributed by atoms with Crippen LogP contribution < -0.4 is 5.32 Å². The van der Waals surface area contributed by atoms with Crippen LogP contribution in [-0.4, -0.2) is 52.4 Å². The molecule has 0 spiro atoms. The van der Waals surface area contributed by atoms with Crippen molar-refractivity contribution in [1.29, 1.82) is 0 Å². The number of imidazole rings is 1. The van der Waals surface area contributed by atoms with E-state index >= 15 is 0 Å². The first kappa shape index (κ1) is 21.0. The highest BCUT2D eigenvalue weighted by Crippen LogP contribution is 2.26. The number of aromatic nitrogens is 2. The van der Waals surface area contributed by atoms with Gasteiger partial charge in [-0.1, -0.05) is 23.2 Å². The average Bonchev–Trinajstić information content (AvgIpc) is 2.98. The molecule has 3 aromatic rings. The minimum absolute atomic E-state index is 0.0889. The van der Waals surface area contributed by atoms with Crippen LogP contribution in [0.3, 0.4) is 0 Å². The van der Waals surface area contributed by atoms with E-state index in [4.69, 9.17) is 23.2 Å². The number of hydrogen-bond donors (Lipinski definition) is 1. The molecular formula is C20H21Cl2N5O2. The summed E-state index contributed by atoms with van der Waals surface area (Å²) >= 11 is 12.1. The third-order valence-corrected chi connectivity index (χ3v) is 5.09. The Labute approximate surface area is 178 Å². The predicted molar refractivity (Wildman–Crippen MR) is 116 cm³/mol. The molecule has 0 aliphatic carbocycles. The molecule has 7 nitrogen and oxygen atoms in total. The minimum Gasteiger partial charge on any atom is -0.345 e. The Morgan fingerprint density at radius 3 is 2.52 bits per heavy atom. The lowest BCUT2D eigenvalue weighted by atomic mass is 10.2. The normalized spacial score (nSPS) is 10.8. The van der Waals surface area contributed by atoms with Gasteiger partial charge in [0.05, 0.1) is 28.3 Å². The number of halogens is 2. The molecule has 1 aromatic heterocycles. The summed E-state index contributed by atoms with van der Waals surface area (Å²) in [5, 5.41) is 3.62. The fourth-order valence-corrected chi connectivity index (χ4v) is 3.21. The summed E-state index contributed by atoms with van der Waals surface area (Å²) in [6.45, 7) is 0.270. The van der Waals surface area contributed by atoms with Crippen LogP contribution >= 0.6 is 23.2 Å². The Morgan fingerprint density at radius 1 is 1.10 bits per heavy atom. The third kappa shape index (κ3) is 4.46. The van der Waals surface area contributed by atoms with Gasteiger partial charge in [0, 0.05) is 38.8 Å². The first-order chi connectivity index (χ1) is 13.7. The van der Waals surface area contributed by atoms with Crippen molar-refractivity contribution < 1.29 is 9.59 Å². The molecule has 3 rings (SSSR count). The Morgan fingerprint density at radius 2 is 1.83 bits per heavy atom. The van der Waals surface area contributed by atoms with E-state index in [9.17, 15) is 9.59 Å². The highest BCUT2D eigenvalue weighted by Gasteiger charge is 2.17. The van der Waals surface area contributed by atoms with Crippen LogP contribution in [0.15, 0.2) is 36.4 Å². The fraction of sp³-hybridized carbons (Fsp3) is 0.250. The molecule has 1 N–H and O–H groups in total. The first-order valence-corrected chi connectivity index (χ1v) is 9.57. The van der Waals surface area contributed by atoms with Crippen LogP contribution in [-0.2, 0) is 13.6 Å². The number of aryl methyl sites for hydroxylation is 1. The van der Waals surface area contributed by atoms with Crippen LogP contribution in [0.25, 0.3) is 11.0 Å². The molecule has 0 bridgehead atoms. The minimum atomic E-state index is -0.343. The number of hydrogen-bond acceptors (Lipinski definition) is 3. The van der Waals surface area contributed by atoms with Crippen LogP contribution in [0.5, 0.6) is 0 Å². The summed E-state index contributed by atoms with van der Waals surface area (Å²) < 4.78 is 1.90. The van der Waals surface area contributed by atoms with E-state index in [1.165, 1.54) is 9.80 Å². The number of anilines is 1. The molecule has 0 saturated carbocycles. The number of nitrogens with one attached hydrogen (secondary N) is 1. The lowest BCUT2D eigenvalue weighted by Crippen LogP contribution is -2.31. The number of nitrogens with zero attached hydrogens (tertiary/aromatic N) is 4. The molecule has 0 saturated heterocycles. The summed E-state index contributed by atoms with van der Waals surface area (Å²) in [6, 6.07) is 9.91. The van der Waals surface area contributed by atoms with E-state index < -0.39 is 0 Å². The number of carbonyl (C=O) groups excluding carboxylic acids is 2. The van der Waals surface area contributed by atoms with Gasteiger partial charge in [-0.25, -0.2) is 9.78 Å². The zero-order valence-corrected chi connectivity index (χ0v) is 18.0. The zero-order chi connectivity index (χ0) is 21.3. The second kappa shape index (κ2) is 8.31. The quantitative estimate of drug-likeness (QED) is 0.668. The Kier molecular flexibility index (Phi) is 6.00. The van der Waals surface area contributed by atoms with Crippen molar-refractivity contribution in [1.82, 2.24) is 19.4 Å². The molecule has 152 valence electrons. The van der Waals surface area contributed by atoms with E-state index in [1.807, 2.05) is 17.7 Å². The first-order valence-electron chi connectivity index (χ1n) is 8.81. The number of fused-ring (bicyclic) bond motifs is 1. The monoisotopic (exact) mass is 433 g/mol. The topological polar surface area (TPSA) is 70.5 Å². The molecule has 0 fully saturated rings. The van der Waals surface area contributed by atoms with Crippen molar-refractivity contribution in [2.45, 2.75) is 6.54 Å². The van der Waals surface area contributed by atoms with E-state index in [2.05, 4.69) is 10.3 Å².